The molecule has 45 heavy (non-hydrogen) atoms. The molecule has 2 aromatic carbocycles. The Morgan fingerprint density at radius 3 is 2.64 bits per heavy atom. The van der Waals surface area contributed by atoms with E-state index < -0.39 is 18.4 Å². The smallest absolute Gasteiger partial charge is 0.240 e. The summed E-state index contributed by atoms with van der Waals surface area (Å²) >= 11 is 6.34. The summed E-state index contributed by atoms with van der Waals surface area (Å²) in [5, 5.41) is 29.6. The lowest BCUT2D eigenvalue weighted by molar-refractivity contribution is -0.138. The standard InChI is InChI=1S/C29H40ClN13O2/c1-3-22(4-2)45-23-7-5-6-21(15-23)40-29(37-18-31)36-17-26(43(13-12-38-41-33)28(44)25-10-11-35-25)27(32)19-8-9-24(30)20(14-19)16-39-42-34/h5-9,14-15,22,25-27,29,35-37,40H,3-4,10-13,16-17,32H2,1-2H3/t25-,26?,27?,29?/m1/s1. The molecule has 3 unspecified atom stereocenters. The van der Waals surface area contributed by atoms with Gasteiger partial charge in [0.05, 0.1) is 30.8 Å². The molecular formula is C29H40ClN13O2. The first-order chi connectivity index (χ1) is 21.8. The van der Waals surface area contributed by atoms with Crippen molar-refractivity contribution in [2.45, 2.75) is 70.2 Å². The van der Waals surface area contributed by atoms with Crippen LogP contribution in [-0.4, -0.2) is 61.5 Å². The van der Waals surface area contributed by atoms with Gasteiger partial charge in [0, 0.05) is 46.2 Å². The molecule has 0 saturated carbocycles. The lowest BCUT2D eigenvalue weighted by atomic mass is 9.95. The molecule has 3 rings (SSSR count). The van der Waals surface area contributed by atoms with Crippen molar-refractivity contribution in [2.75, 3.05) is 31.5 Å². The van der Waals surface area contributed by atoms with Crippen LogP contribution in [0.4, 0.5) is 5.69 Å². The average molecular weight is 638 g/mol. The van der Waals surface area contributed by atoms with E-state index in [1.54, 1.807) is 23.1 Å². The van der Waals surface area contributed by atoms with Crippen molar-refractivity contribution in [3.05, 3.63) is 79.5 Å². The van der Waals surface area contributed by atoms with Crippen LogP contribution >= 0.6 is 11.6 Å². The van der Waals surface area contributed by atoms with Gasteiger partial charge in [-0.25, -0.2) is 0 Å². The number of hydrogen-bond donors (Lipinski definition) is 5. The summed E-state index contributed by atoms with van der Waals surface area (Å²) in [5.41, 5.74) is 26.5. The number of azide groups is 2. The molecule has 1 amide bonds. The fourth-order valence-electron chi connectivity index (χ4n) is 4.94. The Morgan fingerprint density at radius 2 is 2.00 bits per heavy atom. The van der Waals surface area contributed by atoms with E-state index in [1.165, 1.54) is 0 Å². The number of carbonyl (C=O) groups excluding carboxylic acids is 1. The molecular weight excluding hydrogens is 598 g/mol. The third kappa shape index (κ3) is 10.3. The van der Waals surface area contributed by atoms with Gasteiger partial charge in [-0.1, -0.05) is 53.9 Å². The van der Waals surface area contributed by atoms with Gasteiger partial charge in [0.2, 0.25) is 5.91 Å². The van der Waals surface area contributed by atoms with Crippen LogP contribution in [0.3, 0.4) is 0 Å². The van der Waals surface area contributed by atoms with Crippen molar-refractivity contribution in [1.29, 1.82) is 5.26 Å². The summed E-state index contributed by atoms with van der Waals surface area (Å²) in [7, 11) is 0. The minimum absolute atomic E-state index is 0.0302. The fraction of sp³-hybridized carbons (Fsp3) is 0.517. The summed E-state index contributed by atoms with van der Waals surface area (Å²) < 4.78 is 6.08. The number of ether oxygens (including phenoxy) is 1. The number of nitrogens with two attached hydrogens (primary N) is 1. The molecule has 0 radical (unpaired) electrons. The lowest BCUT2D eigenvalue weighted by Gasteiger charge is -2.40. The maximum absolute atomic E-state index is 13.7. The van der Waals surface area contributed by atoms with E-state index in [-0.39, 0.29) is 44.2 Å². The highest BCUT2D eigenvalue weighted by molar-refractivity contribution is 6.31. The zero-order valence-corrected chi connectivity index (χ0v) is 26.2. The van der Waals surface area contributed by atoms with Gasteiger partial charge in [-0.2, -0.15) is 5.26 Å². The number of anilines is 1. The summed E-state index contributed by atoms with van der Waals surface area (Å²) in [4.78, 5) is 20.9. The molecule has 0 spiro atoms. The van der Waals surface area contributed by atoms with Gasteiger partial charge in [-0.15, -0.1) is 0 Å². The molecule has 1 aliphatic heterocycles. The van der Waals surface area contributed by atoms with E-state index in [9.17, 15) is 10.1 Å². The van der Waals surface area contributed by atoms with E-state index in [0.29, 0.717) is 40.6 Å². The highest BCUT2D eigenvalue weighted by Gasteiger charge is 2.36. The van der Waals surface area contributed by atoms with Crippen molar-refractivity contribution in [3.63, 3.8) is 0 Å². The Hall–Kier alpha value is -4.41. The molecule has 1 fully saturated rings. The number of rotatable bonds is 19. The largest absolute Gasteiger partial charge is 0.490 e. The summed E-state index contributed by atoms with van der Waals surface area (Å²) in [6.07, 6.45) is 3.73. The van der Waals surface area contributed by atoms with E-state index in [0.717, 1.165) is 12.8 Å². The Morgan fingerprint density at radius 1 is 1.24 bits per heavy atom. The van der Waals surface area contributed by atoms with Crippen molar-refractivity contribution < 1.29 is 9.53 Å². The summed E-state index contributed by atoms with van der Waals surface area (Å²) in [5.74, 6) is 0.523. The zero-order valence-electron chi connectivity index (χ0n) is 25.4. The monoisotopic (exact) mass is 637 g/mol. The summed E-state index contributed by atoms with van der Waals surface area (Å²) in [6.45, 7) is 5.19. The first-order valence-electron chi connectivity index (χ1n) is 14.9. The van der Waals surface area contributed by atoms with Crippen LogP contribution in [0.25, 0.3) is 20.9 Å². The molecule has 0 aromatic heterocycles. The molecule has 15 nitrogen and oxygen atoms in total. The molecule has 1 aliphatic rings. The van der Waals surface area contributed by atoms with Crippen molar-refractivity contribution in [3.8, 4) is 11.9 Å². The molecule has 6 N–H and O–H groups in total. The highest BCUT2D eigenvalue weighted by atomic mass is 35.5. The fourth-order valence-corrected chi connectivity index (χ4v) is 5.11. The second kappa shape index (κ2) is 18.4. The summed E-state index contributed by atoms with van der Waals surface area (Å²) in [6, 6.07) is 10.8. The van der Waals surface area contributed by atoms with E-state index in [2.05, 4.69) is 55.2 Å². The van der Waals surface area contributed by atoms with Gasteiger partial charge in [0.25, 0.3) is 0 Å². The first kappa shape index (κ1) is 35.1. The van der Waals surface area contributed by atoms with E-state index in [4.69, 9.17) is 33.1 Å². The third-order valence-electron chi connectivity index (χ3n) is 7.58. The highest BCUT2D eigenvalue weighted by Crippen LogP contribution is 2.26. The van der Waals surface area contributed by atoms with Gasteiger partial charge in [0.1, 0.15) is 5.75 Å². The van der Waals surface area contributed by atoms with Gasteiger partial charge < -0.3 is 26.0 Å². The number of nitriles is 1. The van der Waals surface area contributed by atoms with Crippen LogP contribution in [0.2, 0.25) is 5.02 Å². The molecule has 0 bridgehead atoms. The van der Waals surface area contributed by atoms with Crippen LogP contribution in [-0.2, 0) is 11.3 Å². The number of nitrogens with zero attached hydrogens (tertiary/aromatic N) is 8. The SMILES string of the molecule is CCC(CC)Oc1cccc(NC(NC#N)NCC(C(N)c2ccc(Cl)c(CN=[N+]=[N-])c2)N(CCN=[N+]=[N-])C(=O)[C@H]2CCN2)c1. The average Bonchev–Trinajstić information content (AvgIpc) is 3.01. The minimum atomic E-state index is -0.742. The van der Waals surface area contributed by atoms with Crippen LogP contribution in [0.1, 0.15) is 50.3 Å². The molecule has 16 heteroatoms. The van der Waals surface area contributed by atoms with Gasteiger partial charge in [0.15, 0.2) is 12.5 Å². The van der Waals surface area contributed by atoms with E-state index in [1.807, 2.05) is 30.5 Å². The van der Waals surface area contributed by atoms with Crippen LogP contribution < -0.4 is 31.7 Å². The van der Waals surface area contributed by atoms with Gasteiger partial charge in [-0.05, 0) is 66.2 Å². The number of hydrogen-bond acceptors (Lipinski definition) is 10. The maximum Gasteiger partial charge on any atom is 0.240 e. The van der Waals surface area contributed by atoms with Crippen molar-refractivity contribution in [1.82, 2.24) is 20.9 Å². The number of benzene rings is 2. The van der Waals surface area contributed by atoms with Crippen molar-refractivity contribution >= 4 is 23.2 Å². The molecule has 240 valence electrons. The molecule has 0 aliphatic carbocycles. The number of carbonyl (C=O) groups is 1. The Bertz CT molecular complexity index is 1400. The topological polar surface area (TPSA) is 225 Å². The Labute approximate surface area is 267 Å². The van der Waals surface area contributed by atoms with Crippen LogP contribution in [0.15, 0.2) is 52.7 Å². The van der Waals surface area contributed by atoms with Crippen LogP contribution in [0, 0.1) is 11.5 Å². The number of halogens is 1. The second-order valence-electron chi connectivity index (χ2n) is 10.4. The third-order valence-corrected chi connectivity index (χ3v) is 7.95. The molecule has 4 atom stereocenters. The molecule has 1 saturated heterocycles. The molecule has 2 aromatic rings. The second-order valence-corrected chi connectivity index (χ2v) is 10.8. The lowest BCUT2D eigenvalue weighted by Crippen LogP contribution is -2.61. The maximum atomic E-state index is 13.7. The number of amides is 1. The predicted molar refractivity (Wildman–Crippen MR) is 173 cm³/mol. The van der Waals surface area contributed by atoms with Gasteiger partial charge in [-0.3, -0.25) is 15.4 Å². The predicted octanol–water partition coefficient (Wildman–Crippen LogP) is 4.64. The minimum Gasteiger partial charge on any atom is -0.490 e. The van der Waals surface area contributed by atoms with E-state index >= 15 is 0 Å². The van der Waals surface area contributed by atoms with Gasteiger partial charge >= 0.3 is 0 Å². The first-order valence-corrected chi connectivity index (χ1v) is 15.2. The Balaban J connectivity index is 1.91. The van der Waals surface area contributed by atoms with Crippen molar-refractivity contribution in [2.24, 2.45) is 16.0 Å². The Kier molecular flexibility index (Phi) is 14.3. The zero-order chi connectivity index (χ0) is 32.6. The van der Waals surface area contributed by atoms with Crippen LogP contribution in [0.5, 0.6) is 5.75 Å². The quantitative estimate of drug-likeness (QED) is 0.0363. The molecule has 1 heterocycles. The number of nitrogens with one attached hydrogen (secondary N) is 4. The normalized spacial score (nSPS) is 15.7.